The largest absolute Gasteiger partial charge is 0.491 e. The van der Waals surface area contributed by atoms with Crippen LogP contribution in [0, 0.1) is 6.92 Å². The van der Waals surface area contributed by atoms with E-state index in [1.54, 1.807) is 0 Å². The number of hydrogen-bond donors (Lipinski definition) is 2. The van der Waals surface area contributed by atoms with Gasteiger partial charge in [0.2, 0.25) is 5.91 Å². The van der Waals surface area contributed by atoms with E-state index < -0.39 is 20.5 Å². The Balaban J connectivity index is 0.00000288. The molecule has 0 aliphatic carbocycles. The minimum absolute atomic E-state index is 0. The summed E-state index contributed by atoms with van der Waals surface area (Å²) in [5.41, 5.74) is 1.02. The van der Waals surface area contributed by atoms with Crippen molar-refractivity contribution in [2.75, 3.05) is 32.5 Å². The quantitative estimate of drug-likeness (QED) is 0.726. The number of rotatable bonds is 6. The van der Waals surface area contributed by atoms with Crippen LogP contribution in [-0.2, 0) is 14.6 Å². The average molecular weight is 377 g/mol. The Morgan fingerprint density at radius 2 is 1.92 bits per heavy atom. The van der Waals surface area contributed by atoms with Crippen molar-refractivity contribution in [3.8, 4) is 5.75 Å². The summed E-state index contributed by atoms with van der Waals surface area (Å²) in [6, 6.07) is 7.62. The molecule has 8 heteroatoms. The first kappa shape index (κ1) is 20.7. The van der Waals surface area contributed by atoms with Gasteiger partial charge < -0.3 is 15.4 Å². The van der Waals surface area contributed by atoms with Crippen molar-refractivity contribution in [2.24, 2.45) is 0 Å². The molecule has 0 spiro atoms. The van der Waals surface area contributed by atoms with E-state index >= 15 is 0 Å². The molecule has 0 saturated carbocycles. The topological polar surface area (TPSA) is 84.5 Å². The van der Waals surface area contributed by atoms with Crippen molar-refractivity contribution < 1.29 is 17.9 Å². The lowest BCUT2D eigenvalue weighted by atomic mass is 9.96. The summed E-state index contributed by atoms with van der Waals surface area (Å²) in [6.07, 6.45) is 1.74. The van der Waals surface area contributed by atoms with Gasteiger partial charge in [-0.3, -0.25) is 4.79 Å². The molecule has 1 aromatic carbocycles. The molecule has 0 aromatic heterocycles. The summed E-state index contributed by atoms with van der Waals surface area (Å²) >= 11 is 0. The van der Waals surface area contributed by atoms with Gasteiger partial charge in [-0.1, -0.05) is 18.2 Å². The Bertz CT molecular complexity index is 658. The minimum atomic E-state index is -3.48. The number of carbonyl (C=O) groups excluding carboxylic acids is 1. The van der Waals surface area contributed by atoms with Gasteiger partial charge in [-0.2, -0.15) is 0 Å². The van der Waals surface area contributed by atoms with Gasteiger partial charge in [0, 0.05) is 6.26 Å². The number of sulfone groups is 1. The van der Waals surface area contributed by atoms with E-state index in [0.717, 1.165) is 17.6 Å². The Morgan fingerprint density at radius 1 is 1.29 bits per heavy atom. The highest BCUT2D eigenvalue weighted by molar-refractivity contribution is 7.92. The monoisotopic (exact) mass is 376 g/mol. The van der Waals surface area contributed by atoms with Gasteiger partial charge in [0.15, 0.2) is 14.6 Å². The van der Waals surface area contributed by atoms with Gasteiger partial charge >= 0.3 is 0 Å². The van der Waals surface area contributed by atoms with Crippen LogP contribution in [-0.4, -0.2) is 51.6 Å². The lowest BCUT2D eigenvalue weighted by molar-refractivity contribution is -0.124. The molecule has 6 nitrogen and oxygen atoms in total. The molecule has 1 fully saturated rings. The molecule has 2 N–H and O–H groups in total. The maximum absolute atomic E-state index is 12.5. The second kappa shape index (κ2) is 8.69. The van der Waals surface area contributed by atoms with Crippen LogP contribution in [0.5, 0.6) is 5.75 Å². The number of nitrogens with one attached hydrogen (secondary N) is 2. The number of benzene rings is 1. The third-order valence-electron chi connectivity index (χ3n) is 4.27. The van der Waals surface area contributed by atoms with Gasteiger partial charge in [0.1, 0.15) is 12.4 Å². The number of halogens is 1. The van der Waals surface area contributed by atoms with Crippen molar-refractivity contribution in [3.05, 3.63) is 29.8 Å². The first-order valence-corrected chi connectivity index (χ1v) is 9.63. The number of ether oxygens (including phenoxy) is 1. The Morgan fingerprint density at radius 3 is 2.50 bits per heavy atom. The molecule has 1 aliphatic heterocycles. The van der Waals surface area contributed by atoms with E-state index in [4.69, 9.17) is 4.74 Å². The SMILES string of the molecule is Cc1ccccc1OCCNC(=O)C1(S(C)(=O)=O)CCNCC1.Cl. The Hall–Kier alpha value is -1.31. The zero-order valence-electron chi connectivity index (χ0n) is 14.0. The second-order valence-electron chi connectivity index (χ2n) is 5.89. The van der Waals surface area contributed by atoms with Crippen LogP contribution in [0.3, 0.4) is 0 Å². The van der Waals surface area contributed by atoms with Crippen molar-refractivity contribution in [1.82, 2.24) is 10.6 Å². The summed E-state index contributed by atoms with van der Waals surface area (Å²) in [6.45, 7) is 3.58. The Labute approximate surface area is 149 Å². The van der Waals surface area contributed by atoms with Gasteiger partial charge in [-0.15, -0.1) is 12.4 Å². The molecule has 0 radical (unpaired) electrons. The normalized spacial score (nSPS) is 16.8. The molecule has 1 amide bonds. The van der Waals surface area contributed by atoms with E-state index in [1.807, 2.05) is 31.2 Å². The minimum Gasteiger partial charge on any atom is -0.491 e. The summed E-state index contributed by atoms with van der Waals surface area (Å²) in [4.78, 5) is 12.5. The van der Waals surface area contributed by atoms with Crippen LogP contribution < -0.4 is 15.4 Å². The molecule has 2 rings (SSSR count). The molecule has 0 bridgehead atoms. The molecule has 0 unspecified atom stereocenters. The van der Waals surface area contributed by atoms with Crippen LogP contribution in [0.25, 0.3) is 0 Å². The van der Waals surface area contributed by atoms with E-state index in [0.29, 0.717) is 32.5 Å². The zero-order chi connectivity index (χ0) is 16.9. The first-order chi connectivity index (χ1) is 10.9. The highest BCUT2D eigenvalue weighted by atomic mass is 35.5. The third-order valence-corrected chi connectivity index (χ3v) is 6.29. The highest BCUT2D eigenvalue weighted by Crippen LogP contribution is 2.27. The van der Waals surface area contributed by atoms with Crippen LogP contribution in [0.2, 0.25) is 0 Å². The van der Waals surface area contributed by atoms with E-state index in [-0.39, 0.29) is 19.0 Å². The molecule has 0 atom stereocenters. The van der Waals surface area contributed by atoms with E-state index in [9.17, 15) is 13.2 Å². The maximum atomic E-state index is 12.5. The zero-order valence-corrected chi connectivity index (χ0v) is 15.6. The van der Waals surface area contributed by atoms with E-state index in [1.165, 1.54) is 0 Å². The van der Waals surface area contributed by atoms with E-state index in [2.05, 4.69) is 10.6 Å². The Kier molecular flexibility index (Phi) is 7.51. The van der Waals surface area contributed by atoms with Crippen molar-refractivity contribution in [3.63, 3.8) is 0 Å². The summed E-state index contributed by atoms with van der Waals surface area (Å²) in [5, 5.41) is 5.81. The molecule has 136 valence electrons. The molecular weight excluding hydrogens is 352 g/mol. The fraction of sp³-hybridized carbons (Fsp3) is 0.562. The fourth-order valence-electron chi connectivity index (χ4n) is 2.80. The summed E-state index contributed by atoms with van der Waals surface area (Å²) in [5.74, 6) is 0.344. The fourth-order valence-corrected chi connectivity index (χ4v) is 4.16. The predicted octanol–water partition coefficient (Wildman–Crippen LogP) is 1.08. The lowest BCUT2D eigenvalue weighted by Crippen LogP contribution is -2.57. The van der Waals surface area contributed by atoms with Gasteiger partial charge in [-0.05, 0) is 44.5 Å². The second-order valence-corrected chi connectivity index (χ2v) is 8.21. The highest BCUT2D eigenvalue weighted by Gasteiger charge is 2.48. The number of amides is 1. The van der Waals surface area contributed by atoms with Gasteiger partial charge in [0.25, 0.3) is 0 Å². The summed E-state index contributed by atoms with van der Waals surface area (Å²) < 4.78 is 28.6. The van der Waals surface area contributed by atoms with Crippen LogP contribution >= 0.6 is 12.4 Å². The average Bonchev–Trinajstić information content (AvgIpc) is 2.52. The number of para-hydroxylation sites is 1. The smallest absolute Gasteiger partial charge is 0.241 e. The summed E-state index contributed by atoms with van der Waals surface area (Å²) in [7, 11) is -3.48. The predicted molar refractivity (Wildman–Crippen MR) is 96.6 cm³/mol. The van der Waals surface area contributed by atoms with Gasteiger partial charge in [-0.25, -0.2) is 8.42 Å². The van der Waals surface area contributed by atoms with Crippen molar-refractivity contribution in [2.45, 2.75) is 24.5 Å². The third kappa shape index (κ3) is 4.62. The molecule has 1 saturated heterocycles. The van der Waals surface area contributed by atoms with Crippen molar-refractivity contribution in [1.29, 1.82) is 0 Å². The number of hydrogen-bond acceptors (Lipinski definition) is 5. The van der Waals surface area contributed by atoms with Crippen LogP contribution in [0.4, 0.5) is 0 Å². The van der Waals surface area contributed by atoms with Crippen molar-refractivity contribution >= 4 is 28.2 Å². The maximum Gasteiger partial charge on any atom is 0.241 e. The number of aryl methyl sites for hydroxylation is 1. The standard InChI is InChI=1S/C16H24N2O4S.ClH/c1-13-5-3-4-6-14(13)22-12-11-18-15(19)16(23(2,20)21)7-9-17-10-8-16;/h3-6,17H,7-12H2,1-2H3,(H,18,19);1H. The number of carbonyl (C=O) groups is 1. The molecule has 1 aliphatic rings. The number of piperidine rings is 1. The molecule has 1 heterocycles. The lowest BCUT2D eigenvalue weighted by Gasteiger charge is -2.34. The van der Waals surface area contributed by atoms with Crippen LogP contribution in [0.15, 0.2) is 24.3 Å². The first-order valence-electron chi connectivity index (χ1n) is 7.74. The molecule has 1 aromatic rings. The molecule has 24 heavy (non-hydrogen) atoms. The van der Waals surface area contributed by atoms with Crippen LogP contribution in [0.1, 0.15) is 18.4 Å². The molecular formula is C16H25ClN2O4S. The van der Waals surface area contributed by atoms with Gasteiger partial charge in [0.05, 0.1) is 6.54 Å².